The van der Waals surface area contributed by atoms with Gasteiger partial charge in [-0.15, -0.1) is 0 Å². The van der Waals surface area contributed by atoms with E-state index in [1.165, 1.54) is 4.90 Å². The number of hydrogen-bond donors (Lipinski definition) is 1. The van der Waals surface area contributed by atoms with Crippen molar-refractivity contribution in [2.75, 3.05) is 26.4 Å². The Morgan fingerprint density at radius 3 is 2.62 bits per heavy atom. The van der Waals surface area contributed by atoms with Crippen molar-refractivity contribution in [1.82, 2.24) is 4.90 Å². The SMILES string of the molecule is O=C(O)C1COCCN1C(=O)COc1ccccc1Cc1ccccc1. The number of hydrogen-bond acceptors (Lipinski definition) is 4. The first-order valence-corrected chi connectivity index (χ1v) is 8.50. The lowest BCUT2D eigenvalue weighted by molar-refractivity contribution is -0.159. The molecule has 1 heterocycles. The van der Waals surface area contributed by atoms with Crippen LogP contribution in [-0.4, -0.2) is 54.3 Å². The first-order chi connectivity index (χ1) is 12.6. The molecule has 26 heavy (non-hydrogen) atoms. The molecule has 2 aromatic carbocycles. The van der Waals surface area contributed by atoms with Crippen LogP contribution in [-0.2, 0) is 20.7 Å². The number of amides is 1. The van der Waals surface area contributed by atoms with Gasteiger partial charge in [0.25, 0.3) is 5.91 Å². The van der Waals surface area contributed by atoms with E-state index >= 15 is 0 Å². The van der Waals surface area contributed by atoms with E-state index in [4.69, 9.17) is 9.47 Å². The zero-order valence-corrected chi connectivity index (χ0v) is 14.3. The lowest BCUT2D eigenvalue weighted by Gasteiger charge is -2.32. The molecule has 1 N–H and O–H groups in total. The van der Waals surface area contributed by atoms with Gasteiger partial charge in [0.2, 0.25) is 0 Å². The van der Waals surface area contributed by atoms with E-state index in [1.54, 1.807) is 0 Å². The monoisotopic (exact) mass is 355 g/mol. The number of carboxylic acids is 1. The maximum atomic E-state index is 12.4. The Morgan fingerprint density at radius 2 is 1.85 bits per heavy atom. The van der Waals surface area contributed by atoms with Crippen molar-refractivity contribution in [2.45, 2.75) is 12.5 Å². The molecule has 3 rings (SSSR count). The van der Waals surface area contributed by atoms with E-state index in [0.717, 1.165) is 11.1 Å². The number of para-hydroxylation sites is 1. The fraction of sp³-hybridized carbons (Fsp3) is 0.300. The minimum absolute atomic E-state index is 0.00562. The van der Waals surface area contributed by atoms with Gasteiger partial charge in [0.15, 0.2) is 12.6 Å². The van der Waals surface area contributed by atoms with Gasteiger partial charge in [-0.1, -0.05) is 48.5 Å². The predicted molar refractivity (Wildman–Crippen MR) is 95.1 cm³/mol. The van der Waals surface area contributed by atoms with E-state index in [2.05, 4.69) is 0 Å². The predicted octanol–water partition coefficient (Wildman–Crippen LogP) is 1.97. The standard InChI is InChI=1S/C20H21NO5/c22-19(21-10-11-25-13-17(21)20(23)24)14-26-18-9-5-4-8-16(18)12-15-6-2-1-3-7-15/h1-9,17H,10-14H2,(H,23,24). The third kappa shape index (κ3) is 4.40. The number of morpholine rings is 1. The van der Waals surface area contributed by atoms with E-state index in [0.29, 0.717) is 18.8 Å². The molecule has 0 aliphatic carbocycles. The lowest BCUT2D eigenvalue weighted by Crippen LogP contribution is -2.53. The van der Waals surface area contributed by atoms with Crippen molar-refractivity contribution in [3.05, 3.63) is 65.7 Å². The number of aliphatic carboxylic acids is 1. The molecular weight excluding hydrogens is 334 g/mol. The first-order valence-electron chi connectivity index (χ1n) is 8.50. The summed E-state index contributed by atoms with van der Waals surface area (Å²) in [6.45, 7) is 0.395. The van der Waals surface area contributed by atoms with Crippen LogP contribution in [0.1, 0.15) is 11.1 Å². The molecule has 0 saturated carbocycles. The Balaban J connectivity index is 1.66. The molecule has 1 aliphatic heterocycles. The maximum Gasteiger partial charge on any atom is 0.328 e. The largest absolute Gasteiger partial charge is 0.483 e. The van der Waals surface area contributed by atoms with E-state index in [1.807, 2.05) is 54.6 Å². The molecule has 0 radical (unpaired) electrons. The second kappa shape index (κ2) is 8.49. The van der Waals surface area contributed by atoms with E-state index in [-0.39, 0.29) is 25.7 Å². The molecule has 1 aliphatic rings. The third-order valence-electron chi connectivity index (χ3n) is 4.30. The zero-order chi connectivity index (χ0) is 18.4. The van der Waals surface area contributed by atoms with E-state index < -0.39 is 12.0 Å². The Hall–Kier alpha value is -2.86. The number of rotatable bonds is 6. The van der Waals surface area contributed by atoms with Gasteiger partial charge in [-0.3, -0.25) is 4.79 Å². The number of carbonyl (C=O) groups excluding carboxylic acids is 1. The van der Waals surface area contributed by atoms with Crippen LogP contribution in [0.2, 0.25) is 0 Å². The summed E-state index contributed by atoms with van der Waals surface area (Å²) in [6.07, 6.45) is 0.695. The molecule has 0 bridgehead atoms. The number of ether oxygens (including phenoxy) is 2. The average Bonchev–Trinajstić information content (AvgIpc) is 2.68. The van der Waals surface area contributed by atoms with Crippen molar-refractivity contribution in [2.24, 2.45) is 0 Å². The average molecular weight is 355 g/mol. The van der Waals surface area contributed by atoms with Gasteiger partial charge in [-0.05, 0) is 17.2 Å². The molecule has 6 nitrogen and oxygen atoms in total. The summed E-state index contributed by atoms with van der Waals surface area (Å²) in [5.41, 5.74) is 2.12. The fourth-order valence-electron chi connectivity index (χ4n) is 2.94. The van der Waals surface area contributed by atoms with Gasteiger partial charge in [-0.25, -0.2) is 4.79 Å². The molecule has 6 heteroatoms. The van der Waals surface area contributed by atoms with Crippen LogP contribution in [0, 0.1) is 0 Å². The minimum Gasteiger partial charge on any atom is -0.483 e. The van der Waals surface area contributed by atoms with Crippen LogP contribution in [0.4, 0.5) is 0 Å². The van der Waals surface area contributed by atoms with Gasteiger partial charge in [-0.2, -0.15) is 0 Å². The summed E-state index contributed by atoms with van der Waals surface area (Å²) in [7, 11) is 0. The van der Waals surface area contributed by atoms with Crippen molar-refractivity contribution in [3.8, 4) is 5.75 Å². The van der Waals surface area contributed by atoms with Crippen molar-refractivity contribution in [3.63, 3.8) is 0 Å². The third-order valence-corrected chi connectivity index (χ3v) is 4.30. The van der Waals surface area contributed by atoms with Crippen molar-refractivity contribution < 1.29 is 24.2 Å². The highest BCUT2D eigenvalue weighted by molar-refractivity contribution is 5.84. The Labute approximate surface area is 152 Å². The Kier molecular flexibility index (Phi) is 5.86. The molecule has 2 aromatic rings. The first kappa shape index (κ1) is 17.9. The summed E-state index contributed by atoms with van der Waals surface area (Å²) in [5.74, 6) is -0.789. The molecule has 0 aromatic heterocycles. The Morgan fingerprint density at radius 1 is 1.12 bits per heavy atom. The highest BCUT2D eigenvalue weighted by atomic mass is 16.5. The smallest absolute Gasteiger partial charge is 0.328 e. The van der Waals surface area contributed by atoms with Crippen LogP contribution in [0.15, 0.2) is 54.6 Å². The van der Waals surface area contributed by atoms with Crippen LogP contribution in [0.5, 0.6) is 5.75 Å². The second-order valence-corrected chi connectivity index (χ2v) is 6.07. The van der Waals surface area contributed by atoms with Gasteiger partial charge in [0.1, 0.15) is 5.75 Å². The van der Waals surface area contributed by atoms with Crippen LogP contribution < -0.4 is 4.74 Å². The molecule has 136 valence electrons. The van der Waals surface area contributed by atoms with Gasteiger partial charge in [0.05, 0.1) is 13.2 Å². The summed E-state index contributed by atoms with van der Waals surface area (Å²) in [5, 5.41) is 9.24. The second-order valence-electron chi connectivity index (χ2n) is 6.07. The number of benzene rings is 2. The summed E-state index contributed by atoms with van der Waals surface area (Å²) >= 11 is 0. The van der Waals surface area contributed by atoms with Crippen LogP contribution in [0.3, 0.4) is 0 Å². The maximum absolute atomic E-state index is 12.4. The Bertz CT molecular complexity index is 762. The van der Waals surface area contributed by atoms with Gasteiger partial charge >= 0.3 is 5.97 Å². The summed E-state index contributed by atoms with van der Waals surface area (Å²) in [6, 6.07) is 16.6. The molecule has 1 amide bonds. The van der Waals surface area contributed by atoms with Crippen molar-refractivity contribution >= 4 is 11.9 Å². The van der Waals surface area contributed by atoms with Gasteiger partial charge < -0.3 is 19.5 Å². The van der Waals surface area contributed by atoms with E-state index in [9.17, 15) is 14.7 Å². The fourth-order valence-corrected chi connectivity index (χ4v) is 2.94. The number of carboxylic acid groups (broad SMARTS) is 1. The number of carbonyl (C=O) groups is 2. The highest BCUT2D eigenvalue weighted by Gasteiger charge is 2.32. The molecule has 1 atom stereocenters. The molecular formula is C20H21NO5. The lowest BCUT2D eigenvalue weighted by atomic mass is 10.0. The normalized spacial score (nSPS) is 16.9. The van der Waals surface area contributed by atoms with Crippen LogP contribution >= 0.6 is 0 Å². The molecule has 1 fully saturated rings. The minimum atomic E-state index is -1.07. The molecule has 0 spiro atoms. The summed E-state index contributed by atoms with van der Waals surface area (Å²) in [4.78, 5) is 25.0. The molecule has 1 saturated heterocycles. The highest BCUT2D eigenvalue weighted by Crippen LogP contribution is 2.21. The van der Waals surface area contributed by atoms with Gasteiger partial charge in [0, 0.05) is 13.0 Å². The quantitative estimate of drug-likeness (QED) is 0.857. The van der Waals surface area contributed by atoms with Crippen LogP contribution in [0.25, 0.3) is 0 Å². The summed E-state index contributed by atoms with van der Waals surface area (Å²) < 4.78 is 10.9. The molecule has 1 unspecified atom stereocenters. The topological polar surface area (TPSA) is 76.1 Å². The number of nitrogens with zero attached hydrogens (tertiary/aromatic N) is 1. The zero-order valence-electron chi connectivity index (χ0n) is 14.3. The van der Waals surface area contributed by atoms with Crippen molar-refractivity contribution in [1.29, 1.82) is 0 Å².